The molecule has 1 atom stereocenters. The fourth-order valence-corrected chi connectivity index (χ4v) is 3.86. The molecule has 1 aliphatic carbocycles. The van der Waals surface area contributed by atoms with Gasteiger partial charge in [0.2, 0.25) is 0 Å². The maximum absolute atomic E-state index is 12.8. The zero-order valence-corrected chi connectivity index (χ0v) is 16.3. The van der Waals surface area contributed by atoms with Gasteiger partial charge in [0, 0.05) is 5.56 Å². The fourth-order valence-electron chi connectivity index (χ4n) is 3.67. The first-order chi connectivity index (χ1) is 13.7. The smallest absolute Gasteiger partial charge is 0.251 e. The van der Waals surface area contributed by atoms with Gasteiger partial charge in [-0.2, -0.15) is 0 Å². The molecule has 0 unspecified atom stereocenters. The topological polar surface area (TPSA) is 38.3 Å². The van der Waals surface area contributed by atoms with Crippen molar-refractivity contribution >= 4 is 17.5 Å². The number of rotatable bonds is 5. The number of hydrogen-bond acceptors (Lipinski definition) is 2. The van der Waals surface area contributed by atoms with Crippen LogP contribution in [0.15, 0.2) is 72.8 Å². The first-order valence-corrected chi connectivity index (χ1v) is 9.93. The number of carbonyl (C=O) groups is 1. The van der Waals surface area contributed by atoms with E-state index in [-0.39, 0.29) is 11.9 Å². The summed E-state index contributed by atoms with van der Waals surface area (Å²) < 4.78 is 5.79. The first-order valence-electron chi connectivity index (χ1n) is 9.55. The van der Waals surface area contributed by atoms with Gasteiger partial charge in [-0.05, 0) is 60.2 Å². The van der Waals surface area contributed by atoms with Crippen LogP contribution in [-0.2, 0) is 13.0 Å². The fraction of sp³-hybridized carbons (Fsp3) is 0.208. The zero-order chi connectivity index (χ0) is 19.3. The Hall–Kier alpha value is -2.78. The average molecular weight is 392 g/mol. The molecule has 4 heteroatoms. The third-order valence-electron chi connectivity index (χ3n) is 5.09. The molecule has 0 fully saturated rings. The van der Waals surface area contributed by atoms with Gasteiger partial charge in [-0.1, -0.05) is 60.1 Å². The summed E-state index contributed by atoms with van der Waals surface area (Å²) in [6, 6.07) is 23.4. The van der Waals surface area contributed by atoms with Gasteiger partial charge < -0.3 is 10.1 Å². The van der Waals surface area contributed by atoms with Crippen molar-refractivity contribution in [1.29, 1.82) is 0 Å². The van der Waals surface area contributed by atoms with E-state index in [2.05, 4.69) is 23.5 Å². The van der Waals surface area contributed by atoms with Gasteiger partial charge in [-0.15, -0.1) is 0 Å². The maximum Gasteiger partial charge on any atom is 0.251 e. The molecule has 142 valence electrons. The lowest BCUT2D eigenvalue weighted by Gasteiger charge is -2.26. The van der Waals surface area contributed by atoms with Crippen LogP contribution in [0.5, 0.6) is 5.75 Å². The van der Waals surface area contributed by atoms with Crippen molar-refractivity contribution in [3.63, 3.8) is 0 Å². The number of halogens is 1. The van der Waals surface area contributed by atoms with Crippen LogP contribution in [0.3, 0.4) is 0 Å². The minimum atomic E-state index is -0.0544. The van der Waals surface area contributed by atoms with Crippen LogP contribution in [0.4, 0.5) is 0 Å². The summed E-state index contributed by atoms with van der Waals surface area (Å²) >= 11 is 6.13. The third kappa shape index (κ3) is 4.20. The Morgan fingerprint density at radius 2 is 1.86 bits per heavy atom. The molecule has 1 amide bonds. The molecule has 4 rings (SSSR count). The van der Waals surface area contributed by atoms with Gasteiger partial charge >= 0.3 is 0 Å². The lowest BCUT2D eigenvalue weighted by atomic mass is 9.87. The number of fused-ring (bicyclic) bond motifs is 1. The molecule has 0 spiro atoms. The summed E-state index contributed by atoms with van der Waals surface area (Å²) in [6.07, 6.45) is 3.14. The Kier molecular flexibility index (Phi) is 5.63. The molecule has 0 saturated carbocycles. The normalized spacial score (nSPS) is 15.5. The molecule has 1 aliphatic rings. The second kappa shape index (κ2) is 8.49. The minimum absolute atomic E-state index is 0.0544. The van der Waals surface area contributed by atoms with Gasteiger partial charge in [0.15, 0.2) is 0 Å². The van der Waals surface area contributed by atoms with Crippen molar-refractivity contribution in [2.24, 2.45) is 0 Å². The molecule has 0 radical (unpaired) electrons. The highest BCUT2D eigenvalue weighted by atomic mass is 35.5. The molecule has 3 aromatic carbocycles. The molecule has 1 N–H and O–H groups in total. The summed E-state index contributed by atoms with van der Waals surface area (Å²) in [4.78, 5) is 12.8. The molecule has 28 heavy (non-hydrogen) atoms. The van der Waals surface area contributed by atoms with Gasteiger partial charge in [0.25, 0.3) is 5.91 Å². The van der Waals surface area contributed by atoms with Crippen LogP contribution in [0.25, 0.3) is 0 Å². The number of aryl methyl sites for hydroxylation is 1. The predicted octanol–water partition coefficient (Wildman–Crippen LogP) is 5.73. The van der Waals surface area contributed by atoms with E-state index in [0.29, 0.717) is 22.9 Å². The molecule has 3 nitrogen and oxygen atoms in total. The first kappa shape index (κ1) is 18.6. The Bertz CT molecular complexity index is 986. The molecule has 0 aromatic heterocycles. The van der Waals surface area contributed by atoms with Gasteiger partial charge in [-0.3, -0.25) is 4.79 Å². The van der Waals surface area contributed by atoms with Crippen LogP contribution in [-0.4, -0.2) is 5.91 Å². The monoisotopic (exact) mass is 391 g/mol. The van der Waals surface area contributed by atoms with Crippen molar-refractivity contribution in [2.45, 2.75) is 31.9 Å². The van der Waals surface area contributed by atoms with Gasteiger partial charge in [0.05, 0.1) is 11.1 Å². The molecule has 0 heterocycles. The molecule has 0 bridgehead atoms. The number of para-hydroxylation sites is 1. The predicted molar refractivity (Wildman–Crippen MR) is 112 cm³/mol. The molecular formula is C24H22ClNO2. The van der Waals surface area contributed by atoms with Crippen molar-refractivity contribution < 1.29 is 9.53 Å². The highest BCUT2D eigenvalue weighted by molar-refractivity contribution is 6.32. The number of benzene rings is 3. The Balaban J connectivity index is 1.44. The highest BCUT2D eigenvalue weighted by Gasteiger charge is 2.21. The van der Waals surface area contributed by atoms with E-state index in [1.807, 2.05) is 48.5 Å². The molecule has 3 aromatic rings. The van der Waals surface area contributed by atoms with Crippen LogP contribution in [0.2, 0.25) is 5.02 Å². The lowest BCUT2D eigenvalue weighted by molar-refractivity contribution is 0.0932. The van der Waals surface area contributed by atoms with E-state index >= 15 is 0 Å². The van der Waals surface area contributed by atoms with Crippen LogP contribution >= 0.6 is 11.6 Å². The Morgan fingerprint density at radius 3 is 2.75 bits per heavy atom. The SMILES string of the molecule is O=C(N[C@H]1CCCc2ccccc21)c1cccc(COc2ccccc2Cl)c1. The van der Waals surface area contributed by atoms with Crippen molar-refractivity contribution in [2.75, 3.05) is 0 Å². The summed E-state index contributed by atoms with van der Waals surface area (Å²) in [7, 11) is 0. The van der Waals surface area contributed by atoms with E-state index in [0.717, 1.165) is 24.8 Å². The number of amides is 1. The summed E-state index contributed by atoms with van der Waals surface area (Å²) in [5.41, 5.74) is 4.14. The second-order valence-electron chi connectivity index (χ2n) is 7.04. The van der Waals surface area contributed by atoms with Crippen molar-refractivity contribution in [1.82, 2.24) is 5.32 Å². The van der Waals surface area contributed by atoms with Crippen molar-refractivity contribution in [3.05, 3.63) is 100 Å². The number of ether oxygens (including phenoxy) is 1. The van der Waals surface area contributed by atoms with Crippen molar-refractivity contribution in [3.8, 4) is 5.75 Å². The van der Waals surface area contributed by atoms with E-state index in [1.54, 1.807) is 6.07 Å². The average Bonchev–Trinajstić information content (AvgIpc) is 2.74. The molecule has 0 aliphatic heterocycles. The zero-order valence-electron chi connectivity index (χ0n) is 15.5. The van der Waals surface area contributed by atoms with Crippen LogP contribution in [0.1, 0.15) is 45.9 Å². The van der Waals surface area contributed by atoms with E-state index in [1.165, 1.54) is 11.1 Å². The minimum Gasteiger partial charge on any atom is -0.487 e. The molecule has 0 saturated heterocycles. The van der Waals surface area contributed by atoms with E-state index in [4.69, 9.17) is 16.3 Å². The van der Waals surface area contributed by atoms with Crippen LogP contribution < -0.4 is 10.1 Å². The second-order valence-corrected chi connectivity index (χ2v) is 7.44. The summed E-state index contributed by atoms with van der Waals surface area (Å²) in [6.45, 7) is 0.358. The largest absolute Gasteiger partial charge is 0.487 e. The molecular weight excluding hydrogens is 370 g/mol. The Morgan fingerprint density at radius 1 is 1.04 bits per heavy atom. The standard InChI is InChI=1S/C24H22ClNO2/c25-21-12-3-4-14-23(21)28-16-17-7-5-10-19(15-17)24(27)26-22-13-6-9-18-8-1-2-11-20(18)22/h1-5,7-8,10-12,14-15,22H,6,9,13,16H2,(H,26,27)/t22-/m0/s1. The highest BCUT2D eigenvalue weighted by Crippen LogP contribution is 2.30. The summed E-state index contributed by atoms with van der Waals surface area (Å²) in [5.74, 6) is 0.583. The Labute approximate surface area is 170 Å². The van der Waals surface area contributed by atoms with Gasteiger partial charge in [0.1, 0.15) is 12.4 Å². The number of hydrogen-bond donors (Lipinski definition) is 1. The number of nitrogens with one attached hydrogen (secondary N) is 1. The number of carbonyl (C=O) groups excluding carboxylic acids is 1. The third-order valence-corrected chi connectivity index (χ3v) is 5.41. The quantitative estimate of drug-likeness (QED) is 0.603. The van der Waals surface area contributed by atoms with E-state index < -0.39 is 0 Å². The van der Waals surface area contributed by atoms with Crippen LogP contribution in [0, 0.1) is 0 Å². The maximum atomic E-state index is 12.8. The van der Waals surface area contributed by atoms with Gasteiger partial charge in [-0.25, -0.2) is 0 Å². The van der Waals surface area contributed by atoms with E-state index in [9.17, 15) is 4.79 Å². The summed E-state index contributed by atoms with van der Waals surface area (Å²) in [5, 5.41) is 3.78. The lowest BCUT2D eigenvalue weighted by Crippen LogP contribution is -2.31.